The molecule has 0 saturated carbocycles. The number of amides is 2. The van der Waals surface area contributed by atoms with Gasteiger partial charge < -0.3 is 5.32 Å². The van der Waals surface area contributed by atoms with Gasteiger partial charge in [0, 0.05) is 6.54 Å². The van der Waals surface area contributed by atoms with E-state index in [0.717, 1.165) is 12.0 Å². The van der Waals surface area contributed by atoms with Gasteiger partial charge in [-0.05, 0) is 17.5 Å². The van der Waals surface area contributed by atoms with E-state index in [1.807, 2.05) is 60.7 Å². The largest absolute Gasteiger partial charge is 0.338 e. The Morgan fingerprint density at radius 2 is 1.50 bits per heavy atom. The molecule has 0 heterocycles. The van der Waals surface area contributed by atoms with Crippen molar-refractivity contribution in [1.29, 1.82) is 0 Å². The smallest absolute Gasteiger partial charge is 0.336 e. The van der Waals surface area contributed by atoms with Crippen LogP contribution >= 0.6 is 0 Å². The first-order valence-corrected chi connectivity index (χ1v) is 6.58. The molecule has 2 rings (SSSR count). The van der Waals surface area contributed by atoms with Crippen LogP contribution in [0, 0.1) is 0 Å². The third-order valence-corrected chi connectivity index (χ3v) is 2.79. The Morgan fingerprint density at radius 1 is 0.900 bits per heavy atom. The highest BCUT2D eigenvalue weighted by Gasteiger charge is 2.00. The summed E-state index contributed by atoms with van der Waals surface area (Å²) >= 11 is 0. The number of carbonyl (C=O) groups is 1. The third-order valence-electron chi connectivity index (χ3n) is 2.79. The maximum absolute atomic E-state index is 11.5. The van der Waals surface area contributed by atoms with Crippen molar-refractivity contribution in [3.8, 4) is 0 Å². The van der Waals surface area contributed by atoms with Gasteiger partial charge in [0.2, 0.25) is 0 Å². The van der Waals surface area contributed by atoms with Gasteiger partial charge in [0.15, 0.2) is 0 Å². The molecule has 4 nitrogen and oxygen atoms in total. The standard InChI is InChI=1S/C16H18N2O2/c19-16(17-12-11-14-7-3-1-4-8-14)18-20-13-15-9-5-2-6-10-15/h1-10H,11-13H2,(H2,17,18,19). The number of hydrogen-bond donors (Lipinski definition) is 2. The zero-order valence-electron chi connectivity index (χ0n) is 11.2. The summed E-state index contributed by atoms with van der Waals surface area (Å²) in [5.74, 6) is 0. The summed E-state index contributed by atoms with van der Waals surface area (Å²) in [5.41, 5.74) is 4.57. The van der Waals surface area contributed by atoms with Gasteiger partial charge in [0.1, 0.15) is 0 Å². The van der Waals surface area contributed by atoms with Crippen LogP contribution in [0.3, 0.4) is 0 Å². The monoisotopic (exact) mass is 270 g/mol. The molecule has 2 N–H and O–H groups in total. The van der Waals surface area contributed by atoms with E-state index in [9.17, 15) is 4.79 Å². The third kappa shape index (κ3) is 5.12. The van der Waals surface area contributed by atoms with Crippen molar-refractivity contribution in [3.05, 3.63) is 71.8 Å². The highest BCUT2D eigenvalue weighted by molar-refractivity contribution is 5.72. The van der Waals surface area contributed by atoms with E-state index in [0.29, 0.717) is 13.2 Å². The number of nitrogens with one attached hydrogen (secondary N) is 2. The summed E-state index contributed by atoms with van der Waals surface area (Å²) < 4.78 is 0. The maximum atomic E-state index is 11.5. The first kappa shape index (κ1) is 14.1. The van der Waals surface area contributed by atoms with Crippen molar-refractivity contribution in [1.82, 2.24) is 10.8 Å². The van der Waals surface area contributed by atoms with Crippen LogP contribution in [0.1, 0.15) is 11.1 Å². The first-order chi connectivity index (χ1) is 9.84. The lowest BCUT2D eigenvalue weighted by Crippen LogP contribution is -2.36. The summed E-state index contributed by atoms with van der Waals surface area (Å²) in [7, 11) is 0. The van der Waals surface area contributed by atoms with Crippen LogP contribution in [-0.4, -0.2) is 12.6 Å². The van der Waals surface area contributed by atoms with Crippen LogP contribution in [0.5, 0.6) is 0 Å². The minimum absolute atomic E-state index is 0.322. The normalized spacial score (nSPS) is 10.0. The Labute approximate surface area is 118 Å². The topological polar surface area (TPSA) is 50.4 Å². The number of hydroxylamine groups is 1. The molecule has 4 heteroatoms. The van der Waals surface area contributed by atoms with Crippen LogP contribution < -0.4 is 10.8 Å². The molecule has 104 valence electrons. The lowest BCUT2D eigenvalue weighted by atomic mass is 10.1. The van der Waals surface area contributed by atoms with Gasteiger partial charge in [0.25, 0.3) is 0 Å². The predicted octanol–water partition coefficient (Wildman–Crippen LogP) is 2.66. The van der Waals surface area contributed by atoms with Crippen LogP contribution in [0.15, 0.2) is 60.7 Å². The summed E-state index contributed by atoms with van der Waals surface area (Å²) in [6.07, 6.45) is 0.799. The van der Waals surface area contributed by atoms with Gasteiger partial charge in [-0.1, -0.05) is 60.7 Å². The fourth-order valence-corrected chi connectivity index (χ4v) is 1.76. The summed E-state index contributed by atoms with van der Waals surface area (Å²) in [5, 5.41) is 2.74. The summed E-state index contributed by atoms with van der Waals surface area (Å²) in [4.78, 5) is 16.6. The fourth-order valence-electron chi connectivity index (χ4n) is 1.76. The second-order valence-electron chi connectivity index (χ2n) is 4.37. The molecule has 0 fully saturated rings. The first-order valence-electron chi connectivity index (χ1n) is 6.58. The summed E-state index contributed by atoms with van der Waals surface area (Å²) in [6, 6.07) is 19.4. The van der Waals surface area contributed by atoms with E-state index in [1.54, 1.807) is 0 Å². The Kier molecular flexibility index (Phi) is 5.61. The van der Waals surface area contributed by atoms with Gasteiger partial charge in [-0.25, -0.2) is 10.3 Å². The van der Waals surface area contributed by atoms with Gasteiger partial charge >= 0.3 is 6.03 Å². The molecule has 2 amide bonds. The minimum Gasteiger partial charge on any atom is -0.336 e. The molecule has 0 radical (unpaired) electrons. The molecule has 0 bridgehead atoms. The number of urea groups is 1. The molecule has 0 aliphatic carbocycles. The Balaban J connectivity index is 1.59. The molecule has 20 heavy (non-hydrogen) atoms. The van der Waals surface area contributed by atoms with Crippen molar-refractivity contribution in [2.75, 3.05) is 6.54 Å². The zero-order chi connectivity index (χ0) is 14.0. The number of carbonyl (C=O) groups excluding carboxylic acids is 1. The van der Waals surface area contributed by atoms with Crippen LogP contribution in [0.4, 0.5) is 4.79 Å². The Morgan fingerprint density at radius 3 is 2.15 bits per heavy atom. The van der Waals surface area contributed by atoms with Crippen molar-refractivity contribution in [3.63, 3.8) is 0 Å². The van der Waals surface area contributed by atoms with E-state index in [2.05, 4.69) is 10.8 Å². The quantitative estimate of drug-likeness (QED) is 0.793. The van der Waals surface area contributed by atoms with E-state index in [4.69, 9.17) is 4.84 Å². The molecular weight excluding hydrogens is 252 g/mol. The molecular formula is C16H18N2O2. The van der Waals surface area contributed by atoms with E-state index < -0.39 is 0 Å². The molecule has 0 unspecified atom stereocenters. The molecule has 2 aromatic rings. The maximum Gasteiger partial charge on any atom is 0.338 e. The second-order valence-corrected chi connectivity index (χ2v) is 4.37. The molecule has 2 aromatic carbocycles. The fraction of sp³-hybridized carbons (Fsp3) is 0.188. The number of hydrogen-bond acceptors (Lipinski definition) is 2. The molecule has 0 spiro atoms. The molecule has 0 aliphatic rings. The highest BCUT2D eigenvalue weighted by Crippen LogP contribution is 1.99. The molecule has 0 aromatic heterocycles. The molecule has 0 aliphatic heterocycles. The van der Waals surface area contributed by atoms with E-state index >= 15 is 0 Å². The summed E-state index contributed by atoms with van der Waals surface area (Å²) in [6.45, 7) is 0.928. The van der Waals surface area contributed by atoms with Crippen LogP contribution in [-0.2, 0) is 17.9 Å². The van der Waals surface area contributed by atoms with Gasteiger partial charge in [-0.15, -0.1) is 0 Å². The Bertz CT molecular complexity index is 467. The second kappa shape index (κ2) is 7.96. The SMILES string of the molecule is O=C(NCCc1ccccc1)NOCc1ccccc1. The average Bonchev–Trinajstić information content (AvgIpc) is 2.49. The zero-order valence-corrected chi connectivity index (χ0v) is 11.2. The minimum atomic E-state index is -0.322. The lowest BCUT2D eigenvalue weighted by Gasteiger charge is -2.08. The van der Waals surface area contributed by atoms with Gasteiger partial charge in [-0.3, -0.25) is 4.84 Å². The van der Waals surface area contributed by atoms with Gasteiger partial charge in [-0.2, -0.15) is 0 Å². The number of benzene rings is 2. The van der Waals surface area contributed by atoms with Crippen molar-refractivity contribution in [2.24, 2.45) is 0 Å². The highest BCUT2D eigenvalue weighted by atomic mass is 16.7. The van der Waals surface area contributed by atoms with Crippen LogP contribution in [0.2, 0.25) is 0 Å². The molecule has 0 saturated heterocycles. The van der Waals surface area contributed by atoms with Crippen LogP contribution in [0.25, 0.3) is 0 Å². The van der Waals surface area contributed by atoms with E-state index in [-0.39, 0.29) is 6.03 Å². The number of rotatable bonds is 6. The van der Waals surface area contributed by atoms with E-state index in [1.165, 1.54) is 5.56 Å². The van der Waals surface area contributed by atoms with Crippen molar-refractivity contribution >= 4 is 6.03 Å². The predicted molar refractivity (Wildman–Crippen MR) is 77.9 cm³/mol. The van der Waals surface area contributed by atoms with Crippen molar-refractivity contribution < 1.29 is 9.63 Å². The average molecular weight is 270 g/mol. The lowest BCUT2D eigenvalue weighted by molar-refractivity contribution is 0.0492. The van der Waals surface area contributed by atoms with Crippen molar-refractivity contribution in [2.45, 2.75) is 13.0 Å². The molecule has 0 atom stereocenters. The van der Waals surface area contributed by atoms with Gasteiger partial charge in [0.05, 0.1) is 6.61 Å². The Hall–Kier alpha value is -2.33.